The Balaban J connectivity index is 2.75. The van der Waals surface area contributed by atoms with Crippen LogP contribution in [0.5, 0.6) is 5.75 Å². The zero-order chi connectivity index (χ0) is 10.6. The number of nitrogens with one attached hydrogen (secondary N) is 1. The molecule has 1 aromatic carbocycles. The molecule has 78 valence electrons. The van der Waals surface area contributed by atoms with Crippen molar-refractivity contribution < 1.29 is 13.5 Å². The molecule has 2 nitrogen and oxygen atoms in total. The van der Waals surface area contributed by atoms with Crippen LogP contribution >= 0.6 is 15.9 Å². The first-order chi connectivity index (χ1) is 6.65. The van der Waals surface area contributed by atoms with E-state index in [4.69, 9.17) is 4.74 Å². The largest absolute Gasteiger partial charge is 0.489 e. The summed E-state index contributed by atoms with van der Waals surface area (Å²) in [5, 5.41) is 2.83. The second kappa shape index (κ2) is 5.26. The van der Waals surface area contributed by atoms with Crippen molar-refractivity contribution in [1.82, 2.24) is 5.32 Å². The Labute approximate surface area is 89.4 Å². The van der Waals surface area contributed by atoms with Crippen molar-refractivity contribution >= 4 is 15.9 Å². The molecule has 0 spiro atoms. The maximum absolute atomic E-state index is 13.1. The average molecular weight is 266 g/mol. The fraction of sp³-hybridized carbons (Fsp3) is 0.333. The van der Waals surface area contributed by atoms with Gasteiger partial charge in [-0.05, 0) is 19.2 Å². The summed E-state index contributed by atoms with van der Waals surface area (Å²) in [6.45, 7) is 0.872. The number of hydrogen-bond acceptors (Lipinski definition) is 2. The normalized spacial score (nSPS) is 10.3. The quantitative estimate of drug-likeness (QED) is 0.667. The monoisotopic (exact) mass is 265 g/mol. The molecule has 0 fully saturated rings. The maximum Gasteiger partial charge on any atom is 0.200 e. The second-order valence-electron chi connectivity index (χ2n) is 2.65. The van der Waals surface area contributed by atoms with Crippen LogP contribution in [0.1, 0.15) is 0 Å². The van der Waals surface area contributed by atoms with Gasteiger partial charge in [-0.1, -0.05) is 15.9 Å². The summed E-state index contributed by atoms with van der Waals surface area (Å²) in [5.74, 6) is -1.95. The summed E-state index contributed by atoms with van der Waals surface area (Å²) >= 11 is 3.05. The van der Waals surface area contributed by atoms with Crippen LogP contribution < -0.4 is 10.1 Å². The third-order valence-electron chi connectivity index (χ3n) is 1.57. The Morgan fingerprint density at radius 3 is 2.79 bits per heavy atom. The van der Waals surface area contributed by atoms with Crippen LogP contribution in [0.3, 0.4) is 0 Å². The minimum Gasteiger partial charge on any atom is -0.489 e. The lowest BCUT2D eigenvalue weighted by molar-refractivity contribution is 0.296. The molecule has 0 aromatic heterocycles. The van der Waals surface area contributed by atoms with E-state index in [1.165, 1.54) is 6.07 Å². The molecule has 1 aromatic rings. The summed E-state index contributed by atoms with van der Waals surface area (Å²) in [7, 11) is 1.75. The van der Waals surface area contributed by atoms with Gasteiger partial charge in [-0.3, -0.25) is 0 Å². The lowest BCUT2D eigenvalue weighted by Gasteiger charge is -2.07. The van der Waals surface area contributed by atoms with Gasteiger partial charge in [-0.2, -0.15) is 4.39 Å². The van der Waals surface area contributed by atoms with Crippen LogP contribution in [-0.2, 0) is 0 Å². The molecule has 0 unspecified atom stereocenters. The number of benzene rings is 1. The molecule has 0 heterocycles. The molecule has 0 saturated heterocycles. The predicted molar refractivity (Wildman–Crippen MR) is 53.5 cm³/mol. The molecular weight excluding hydrogens is 256 g/mol. The van der Waals surface area contributed by atoms with Crippen LogP contribution in [-0.4, -0.2) is 20.2 Å². The van der Waals surface area contributed by atoms with E-state index in [0.29, 0.717) is 17.6 Å². The molecule has 0 aliphatic heterocycles. The van der Waals surface area contributed by atoms with Gasteiger partial charge in [0, 0.05) is 11.0 Å². The van der Waals surface area contributed by atoms with Crippen molar-refractivity contribution in [2.75, 3.05) is 20.2 Å². The molecule has 0 bridgehead atoms. The number of ether oxygens (including phenoxy) is 1. The average Bonchev–Trinajstić information content (AvgIpc) is 2.13. The zero-order valence-corrected chi connectivity index (χ0v) is 9.20. The summed E-state index contributed by atoms with van der Waals surface area (Å²) in [5.41, 5.74) is 0. The molecule has 5 heteroatoms. The van der Waals surface area contributed by atoms with Gasteiger partial charge in [-0.15, -0.1) is 0 Å². The van der Waals surface area contributed by atoms with Gasteiger partial charge < -0.3 is 10.1 Å². The van der Waals surface area contributed by atoms with E-state index < -0.39 is 11.6 Å². The predicted octanol–water partition coefficient (Wildman–Crippen LogP) is 2.33. The smallest absolute Gasteiger partial charge is 0.200 e. The molecular formula is C9H10BrF2NO. The highest BCUT2D eigenvalue weighted by Crippen LogP contribution is 2.25. The Morgan fingerprint density at radius 2 is 2.14 bits per heavy atom. The molecule has 0 radical (unpaired) electrons. The SMILES string of the molecule is CNCCOc1cc(Br)cc(F)c1F. The molecule has 1 N–H and O–H groups in total. The van der Waals surface area contributed by atoms with Crippen molar-refractivity contribution in [3.8, 4) is 5.75 Å². The van der Waals surface area contributed by atoms with Crippen molar-refractivity contribution in [3.05, 3.63) is 28.2 Å². The summed E-state index contributed by atoms with van der Waals surface area (Å²) in [6, 6.07) is 2.45. The Hall–Kier alpha value is -0.680. The highest BCUT2D eigenvalue weighted by molar-refractivity contribution is 9.10. The van der Waals surface area contributed by atoms with Gasteiger partial charge in [0.2, 0.25) is 5.82 Å². The minimum atomic E-state index is -0.954. The standard InChI is InChI=1S/C9H10BrF2NO/c1-13-2-3-14-8-5-6(10)4-7(11)9(8)12/h4-5,13H,2-3H2,1H3. The fourth-order valence-electron chi connectivity index (χ4n) is 0.900. The van der Waals surface area contributed by atoms with E-state index in [9.17, 15) is 8.78 Å². The van der Waals surface area contributed by atoms with Gasteiger partial charge in [0.25, 0.3) is 0 Å². The van der Waals surface area contributed by atoms with Crippen molar-refractivity contribution in [2.24, 2.45) is 0 Å². The zero-order valence-electron chi connectivity index (χ0n) is 7.61. The van der Waals surface area contributed by atoms with Crippen LogP contribution in [0.2, 0.25) is 0 Å². The lowest BCUT2D eigenvalue weighted by Crippen LogP contribution is -2.16. The van der Waals surface area contributed by atoms with E-state index in [1.807, 2.05) is 0 Å². The molecule has 0 atom stereocenters. The van der Waals surface area contributed by atoms with Crippen molar-refractivity contribution in [1.29, 1.82) is 0 Å². The number of halogens is 3. The van der Waals surface area contributed by atoms with Crippen LogP contribution in [0.15, 0.2) is 16.6 Å². The summed E-state index contributed by atoms with van der Waals surface area (Å²) in [6.07, 6.45) is 0. The van der Waals surface area contributed by atoms with Gasteiger partial charge in [0.1, 0.15) is 6.61 Å². The number of hydrogen-bond donors (Lipinski definition) is 1. The molecule has 0 aliphatic carbocycles. The first kappa shape index (κ1) is 11.4. The van der Waals surface area contributed by atoms with Gasteiger partial charge in [-0.25, -0.2) is 4.39 Å². The van der Waals surface area contributed by atoms with Crippen LogP contribution in [0, 0.1) is 11.6 Å². The second-order valence-corrected chi connectivity index (χ2v) is 3.57. The van der Waals surface area contributed by atoms with Gasteiger partial charge >= 0.3 is 0 Å². The van der Waals surface area contributed by atoms with Crippen LogP contribution in [0.4, 0.5) is 8.78 Å². The molecule has 0 aliphatic rings. The third kappa shape index (κ3) is 2.92. The summed E-state index contributed by atoms with van der Waals surface area (Å²) < 4.78 is 31.4. The molecule has 14 heavy (non-hydrogen) atoms. The molecule has 0 saturated carbocycles. The Kier molecular flexibility index (Phi) is 4.28. The lowest BCUT2D eigenvalue weighted by atomic mass is 10.3. The first-order valence-electron chi connectivity index (χ1n) is 4.07. The van der Waals surface area contributed by atoms with Crippen LogP contribution in [0.25, 0.3) is 0 Å². The Bertz CT molecular complexity index is 320. The summed E-state index contributed by atoms with van der Waals surface area (Å²) in [4.78, 5) is 0. The highest BCUT2D eigenvalue weighted by atomic mass is 79.9. The highest BCUT2D eigenvalue weighted by Gasteiger charge is 2.10. The van der Waals surface area contributed by atoms with E-state index in [-0.39, 0.29) is 5.75 Å². The number of likely N-dealkylation sites (N-methyl/N-ethyl adjacent to an activating group) is 1. The third-order valence-corrected chi connectivity index (χ3v) is 2.03. The number of rotatable bonds is 4. The van der Waals surface area contributed by atoms with E-state index in [2.05, 4.69) is 21.2 Å². The van der Waals surface area contributed by atoms with E-state index in [1.54, 1.807) is 7.05 Å². The van der Waals surface area contributed by atoms with E-state index >= 15 is 0 Å². The Morgan fingerprint density at radius 1 is 1.43 bits per heavy atom. The molecule has 1 rings (SSSR count). The fourth-order valence-corrected chi connectivity index (χ4v) is 1.31. The van der Waals surface area contributed by atoms with Crippen molar-refractivity contribution in [2.45, 2.75) is 0 Å². The van der Waals surface area contributed by atoms with E-state index in [0.717, 1.165) is 6.07 Å². The maximum atomic E-state index is 13.1. The van der Waals surface area contributed by atoms with Gasteiger partial charge in [0.15, 0.2) is 11.6 Å². The first-order valence-corrected chi connectivity index (χ1v) is 4.86. The minimum absolute atomic E-state index is 0.0767. The topological polar surface area (TPSA) is 21.3 Å². The van der Waals surface area contributed by atoms with Gasteiger partial charge in [0.05, 0.1) is 0 Å². The van der Waals surface area contributed by atoms with Crippen molar-refractivity contribution in [3.63, 3.8) is 0 Å². The molecule has 0 amide bonds.